The van der Waals surface area contributed by atoms with Crippen LogP contribution in [0.2, 0.25) is 0 Å². The molecule has 0 unspecified atom stereocenters. The summed E-state index contributed by atoms with van der Waals surface area (Å²) in [6.45, 7) is 0.191. The van der Waals surface area contributed by atoms with Gasteiger partial charge < -0.3 is 9.47 Å². The van der Waals surface area contributed by atoms with Crippen LogP contribution in [0, 0.1) is 13.8 Å². The Morgan fingerprint density at radius 3 is 2.33 bits per heavy atom. The van der Waals surface area contributed by atoms with E-state index in [1.807, 2.05) is 30.3 Å². The number of imide groups is 1. The van der Waals surface area contributed by atoms with E-state index in [-0.39, 0.29) is 16.9 Å². The van der Waals surface area contributed by atoms with E-state index in [4.69, 9.17) is 4.74 Å². The molecule has 0 aliphatic carbocycles. The van der Waals surface area contributed by atoms with E-state index in [0.717, 1.165) is 5.56 Å². The van der Waals surface area contributed by atoms with E-state index in [1.165, 1.54) is 24.3 Å². The summed E-state index contributed by atoms with van der Waals surface area (Å²) in [6, 6.07) is 14.4. The fraction of sp³-hybridized carbons (Fsp3) is 0.217. The second kappa shape index (κ2) is 10.5. The van der Waals surface area contributed by atoms with E-state index >= 15 is 0 Å². The molecule has 0 radical (unpaired) electrons. The number of alkyl halides is 2. The average molecular weight is 457 g/mol. The highest BCUT2D eigenvalue weighted by atomic mass is 19.3. The van der Waals surface area contributed by atoms with Crippen molar-refractivity contribution in [3.8, 4) is 5.75 Å². The molecule has 0 atom stereocenters. The third-order valence-electron chi connectivity index (χ3n) is 4.69. The summed E-state index contributed by atoms with van der Waals surface area (Å²) in [5, 5.41) is 6.44. The average Bonchev–Trinajstić information content (AvgIpc) is 3.05. The second-order valence-corrected chi connectivity index (χ2v) is 7.05. The SMILES string of the molecule is Cc1nn(Cc2ccccc2)c(C)c1C(=O)OCC(=O)NC(=O)c1ccc(OC(F)F)cc1. The van der Waals surface area contributed by atoms with Gasteiger partial charge in [-0.25, -0.2) is 4.79 Å². The molecule has 0 spiro atoms. The Bertz CT molecular complexity index is 1140. The third-order valence-corrected chi connectivity index (χ3v) is 4.69. The molecule has 2 aromatic carbocycles. The predicted octanol–water partition coefficient (Wildman–Crippen LogP) is 3.26. The number of benzene rings is 2. The lowest BCUT2D eigenvalue weighted by molar-refractivity contribution is -0.123. The molecular formula is C23H21F2N3O5. The van der Waals surface area contributed by atoms with E-state index in [2.05, 4.69) is 15.2 Å². The number of esters is 1. The van der Waals surface area contributed by atoms with Crippen LogP contribution < -0.4 is 10.1 Å². The molecule has 3 rings (SSSR count). The molecule has 0 aliphatic heterocycles. The van der Waals surface area contributed by atoms with Gasteiger partial charge in [-0.2, -0.15) is 13.9 Å². The summed E-state index contributed by atoms with van der Waals surface area (Å²) in [5.74, 6) is -2.48. The fourth-order valence-corrected chi connectivity index (χ4v) is 3.13. The Morgan fingerprint density at radius 1 is 1.03 bits per heavy atom. The first-order chi connectivity index (χ1) is 15.7. The number of rotatable bonds is 8. The number of aryl methyl sites for hydroxylation is 1. The lowest BCUT2D eigenvalue weighted by atomic mass is 10.2. The van der Waals surface area contributed by atoms with Crippen molar-refractivity contribution >= 4 is 17.8 Å². The zero-order chi connectivity index (χ0) is 24.0. The van der Waals surface area contributed by atoms with Gasteiger partial charge in [0.1, 0.15) is 11.3 Å². The van der Waals surface area contributed by atoms with Crippen molar-refractivity contribution in [2.45, 2.75) is 27.0 Å². The highest BCUT2D eigenvalue weighted by Gasteiger charge is 2.21. The Hall–Kier alpha value is -4.08. The lowest BCUT2D eigenvalue weighted by Gasteiger charge is -2.08. The number of aromatic nitrogens is 2. The maximum Gasteiger partial charge on any atom is 0.387 e. The smallest absolute Gasteiger partial charge is 0.387 e. The van der Waals surface area contributed by atoms with Crippen LogP contribution in [0.4, 0.5) is 8.78 Å². The number of hydrogen-bond donors (Lipinski definition) is 1. The van der Waals surface area contributed by atoms with Gasteiger partial charge in [0, 0.05) is 5.56 Å². The largest absolute Gasteiger partial charge is 0.452 e. The van der Waals surface area contributed by atoms with Gasteiger partial charge in [-0.3, -0.25) is 19.6 Å². The van der Waals surface area contributed by atoms with Crippen molar-refractivity contribution in [3.63, 3.8) is 0 Å². The van der Waals surface area contributed by atoms with Crippen molar-refractivity contribution in [2.75, 3.05) is 6.61 Å². The Labute approximate surface area is 188 Å². The summed E-state index contributed by atoms with van der Waals surface area (Å²) in [7, 11) is 0. The lowest BCUT2D eigenvalue weighted by Crippen LogP contribution is -2.34. The topological polar surface area (TPSA) is 99.5 Å². The molecule has 0 bridgehead atoms. The first-order valence-corrected chi connectivity index (χ1v) is 9.88. The number of nitrogens with one attached hydrogen (secondary N) is 1. The molecule has 33 heavy (non-hydrogen) atoms. The number of halogens is 2. The maximum atomic E-state index is 12.5. The van der Waals surface area contributed by atoms with E-state index in [0.29, 0.717) is 17.9 Å². The zero-order valence-electron chi connectivity index (χ0n) is 17.9. The molecule has 1 aromatic heterocycles. The minimum atomic E-state index is -2.99. The quantitative estimate of drug-likeness (QED) is 0.522. The van der Waals surface area contributed by atoms with Gasteiger partial charge in [-0.05, 0) is 43.7 Å². The van der Waals surface area contributed by atoms with Gasteiger partial charge in [-0.1, -0.05) is 30.3 Å². The van der Waals surface area contributed by atoms with Gasteiger partial charge in [0.05, 0.1) is 17.9 Å². The molecule has 1 heterocycles. The second-order valence-electron chi connectivity index (χ2n) is 7.05. The van der Waals surface area contributed by atoms with Crippen LogP contribution in [-0.2, 0) is 16.1 Å². The predicted molar refractivity (Wildman–Crippen MR) is 113 cm³/mol. The molecule has 0 aliphatic rings. The molecule has 2 amide bonds. The number of amides is 2. The highest BCUT2D eigenvalue weighted by molar-refractivity contribution is 6.05. The number of carbonyl (C=O) groups is 3. The van der Waals surface area contributed by atoms with Crippen molar-refractivity contribution in [3.05, 3.63) is 82.7 Å². The van der Waals surface area contributed by atoms with Gasteiger partial charge in [-0.15, -0.1) is 0 Å². The first-order valence-electron chi connectivity index (χ1n) is 9.88. The van der Waals surface area contributed by atoms with Crippen molar-refractivity contribution in [2.24, 2.45) is 0 Å². The van der Waals surface area contributed by atoms with Crippen LogP contribution in [0.15, 0.2) is 54.6 Å². The van der Waals surface area contributed by atoms with Gasteiger partial charge in [0.15, 0.2) is 6.61 Å². The standard InChI is InChI=1S/C23H21F2N3O5/c1-14-20(15(2)28(27-14)12-16-6-4-3-5-7-16)22(31)32-13-19(29)26-21(30)17-8-10-18(11-9-17)33-23(24)25/h3-11,23H,12-13H2,1-2H3,(H,26,29,30). The van der Waals surface area contributed by atoms with E-state index in [1.54, 1.807) is 18.5 Å². The third kappa shape index (κ3) is 6.22. The van der Waals surface area contributed by atoms with E-state index in [9.17, 15) is 23.2 Å². The number of hydrogen-bond acceptors (Lipinski definition) is 6. The van der Waals surface area contributed by atoms with Crippen molar-refractivity contribution < 1.29 is 32.6 Å². The van der Waals surface area contributed by atoms with Crippen LogP contribution in [0.25, 0.3) is 0 Å². The minimum Gasteiger partial charge on any atom is -0.452 e. The van der Waals surface area contributed by atoms with Crippen LogP contribution in [0.3, 0.4) is 0 Å². The molecule has 0 saturated carbocycles. The molecular weight excluding hydrogens is 436 g/mol. The van der Waals surface area contributed by atoms with Crippen LogP contribution >= 0.6 is 0 Å². The van der Waals surface area contributed by atoms with E-state index < -0.39 is 31.0 Å². The molecule has 3 aromatic rings. The van der Waals surface area contributed by atoms with Crippen LogP contribution in [-0.4, -0.2) is 40.8 Å². The number of ether oxygens (including phenoxy) is 2. The number of nitrogens with zero attached hydrogens (tertiary/aromatic N) is 2. The Kier molecular flexibility index (Phi) is 7.50. The van der Waals surface area contributed by atoms with Gasteiger partial charge in [0.2, 0.25) is 0 Å². The monoisotopic (exact) mass is 457 g/mol. The summed E-state index contributed by atoms with van der Waals surface area (Å²) >= 11 is 0. The highest BCUT2D eigenvalue weighted by Crippen LogP contribution is 2.17. The number of carbonyl (C=O) groups excluding carboxylic acids is 3. The summed E-state index contributed by atoms with van der Waals surface area (Å²) in [5.41, 5.74) is 2.35. The van der Waals surface area contributed by atoms with Crippen LogP contribution in [0.1, 0.15) is 37.7 Å². The van der Waals surface area contributed by atoms with Gasteiger partial charge in [0.25, 0.3) is 11.8 Å². The zero-order valence-corrected chi connectivity index (χ0v) is 17.9. The van der Waals surface area contributed by atoms with Gasteiger partial charge >= 0.3 is 12.6 Å². The van der Waals surface area contributed by atoms with Crippen LogP contribution in [0.5, 0.6) is 5.75 Å². The first kappa shape index (κ1) is 23.6. The minimum absolute atomic E-state index is 0.0465. The maximum absolute atomic E-state index is 12.5. The Balaban J connectivity index is 1.56. The summed E-state index contributed by atoms with van der Waals surface area (Å²) in [4.78, 5) is 36.7. The summed E-state index contributed by atoms with van der Waals surface area (Å²) in [6.07, 6.45) is 0. The molecule has 1 N–H and O–H groups in total. The molecule has 8 nitrogen and oxygen atoms in total. The normalized spacial score (nSPS) is 10.7. The molecule has 0 saturated heterocycles. The summed E-state index contributed by atoms with van der Waals surface area (Å²) < 4.78 is 35.3. The fourth-order valence-electron chi connectivity index (χ4n) is 3.13. The molecule has 0 fully saturated rings. The molecule has 10 heteroatoms. The molecule has 172 valence electrons. The van der Waals surface area contributed by atoms with Crippen molar-refractivity contribution in [1.29, 1.82) is 0 Å². The van der Waals surface area contributed by atoms with Crippen molar-refractivity contribution in [1.82, 2.24) is 15.1 Å². The Morgan fingerprint density at radius 2 is 1.70 bits per heavy atom.